The number of para-hydroxylation sites is 1. The van der Waals surface area contributed by atoms with Gasteiger partial charge in [-0.1, -0.05) is 23.9 Å². The van der Waals surface area contributed by atoms with E-state index in [4.69, 9.17) is 4.74 Å². The van der Waals surface area contributed by atoms with Crippen LogP contribution in [-0.2, 0) is 4.74 Å². The van der Waals surface area contributed by atoms with E-state index in [-0.39, 0.29) is 22.9 Å². The van der Waals surface area contributed by atoms with Crippen LogP contribution < -0.4 is 5.56 Å². The SMILES string of the molecule is CSc1ncc(C(=O)OC(C)c2nc3ccccc3c(=O)[nH]2)n1-c1ccc(F)cc1. The van der Waals surface area contributed by atoms with Crippen LogP contribution in [0.3, 0.4) is 0 Å². The molecule has 0 spiro atoms. The van der Waals surface area contributed by atoms with E-state index in [9.17, 15) is 14.0 Å². The molecule has 0 bridgehead atoms. The van der Waals surface area contributed by atoms with E-state index in [2.05, 4.69) is 15.0 Å². The zero-order valence-corrected chi connectivity index (χ0v) is 16.9. The number of nitrogens with zero attached hydrogens (tertiary/aromatic N) is 3. The molecule has 2 heterocycles. The lowest BCUT2D eigenvalue weighted by Crippen LogP contribution is -2.19. The topological polar surface area (TPSA) is 89.9 Å². The number of imidazole rings is 1. The van der Waals surface area contributed by atoms with E-state index in [0.717, 1.165) is 0 Å². The number of hydrogen-bond acceptors (Lipinski definition) is 6. The van der Waals surface area contributed by atoms with Gasteiger partial charge in [-0.15, -0.1) is 0 Å². The van der Waals surface area contributed by atoms with Gasteiger partial charge in [-0.3, -0.25) is 9.36 Å². The molecule has 1 N–H and O–H groups in total. The third kappa shape index (κ3) is 3.71. The number of aromatic nitrogens is 4. The van der Waals surface area contributed by atoms with Crippen molar-refractivity contribution in [3.8, 4) is 5.69 Å². The number of rotatable bonds is 5. The number of esters is 1. The van der Waals surface area contributed by atoms with E-state index >= 15 is 0 Å². The molecule has 2 aromatic carbocycles. The number of thioether (sulfide) groups is 1. The Bertz CT molecular complexity index is 1280. The van der Waals surface area contributed by atoms with Gasteiger partial charge in [-0.05, 0) is 49.6 Å². The number of benzene rings is 2. The van der Waals surface area contributed by atoms with Gasteiger partial charge in [0.25, 0.3) is 5.56 Å². The summed E-state index contributed by atoms with van der Waals surface area (Å²) < 4.78 is 20.5. The molecule has 0 aliphatic heterocycles. The number of carbonyl (C=O) groups excluding carboxylic acids is 1. The van der Waals surface area contributed by atoms with Crippen molar-refractivity contribution >= 4 is 28.6 Å². The summed E-state index contributed by atoms with van der Waals surface area (Å²) in [6.07, 6.45) is 2.43. The Morgan fingerprint density at radius 1 is 1.20 bits per heavy atom. The molecule has 2 aromatic heterocycles. The summed E-state index contributed by atoms with van der Waals surface area (Å²) in [6.45, 7) is 1.62. The molecule has 0 aliphatic carbocycles. The largest absolute Gasteiger partial charge is 0.450 e. The molecule has 4 rings (SSSR count). The Morgan fingerprint density at radius 2 is 1.93 bits per heavy atom. The van der Waals surface area contributed by atoms with E-state index in [1.165, 1.54) is 30.1 Å². The second-order valence-electron chi connectivity index (χ2n) is 6.46. The van der Waals surface area contributed by atoms with Gasteiger partial charge >= 0.3 is 5.97 Å². The Kier molecular flexibility index (Phi) is 5.37. The molecule has 7 nitrogen and oxygen atoms in total. The minimum atomic E-state index is -0.802. The fraction of sp³-hybridized carbons (Fsp3) is 0.143. The summed E-state index contributed by atoms with van der Waals surface area (Å²) in [5, 5.41) is 1.01. The minimum absolute atomic E-state index is 0.181. The Labute approximate surface area is 174 Å². The molecule has 9 heteroatoms. The van der Waals surface area contributed by atoms with Crippen molar-refractivity contribution in [1.29, 1.82) is 0 Å². The number of ether oxygens (including phenoxy) is 1. The Morgan fingerprint density at radius 3 is 2.67 bits per heavy atom. The van der Waals surface area contributed by atoms with Crippen molar-refractivity contribution in [3.63, 3.8) is 0 Å². The van der Waals surface area contributed by atoms with Gasteiger partial charge < -0.3 is 9.72 Å². The van der Waals surface area contributed by atoms with Crippen LogP contribution >= 0.6 is 11.8 Å². The average Bonchev–Trinajstić information content (AvgIpc) is 3.18. The molecule has 0 saturated carbocycles. The average molecular weight is 424 g/mol. The number of H-pyrrole nitrogens is 1. The van der Waals surface area contributed by atoms with Crippen molar-refractivity contribution in [2.24, 2.45) is 0 Å². The molecular formula is C21H17FN4O3S. The number of fused-ring (bicyclic) bond motifs is 1. The van der Waals surface area contributed by atoms with Crippen LogP contribution in [0.15, 0.2) is 64.7 Å². The van der Waals surface area contributed by atoms with Crippen LogP contribution in [0, 0.1) is 5.82 Å². The van der Waals surface area contributed by atoms with Crippen LogP contribution in [0.2, 0.25) is 0 Å². The summed E-state index contributed by atoms with van der Waals surface area (Å²) in [5.41, 5.74) is 0.968. The van der Waals surface area contributed by atoms with Crippen LogP contribution in [-0.4, -0.2) is 31.7 Å². The highest BCUT2D eigenvalue weighted by molar-refractivity contribution is 7.98. The van der Waals surface area contributed by atoms with Gasteiger partial charge in [-0.2, -0.15) is 0 Å². The molecule has 152 valence electrons. The smallest absolute Gasteiger partial charge is 0.357 e. The molecule has 1 atom stereocenters. The third-order valence-electron chi connectivity index (χ3n) is 4.51. The van der Waals surface area contributed by atoms with Crippen molar-refractivity contribution in [1.82, 2.24) is 19.5 Å². The maximum absolute atomic E-state index is 13.3. The van der Waals surface area contributed by atoms with E-state index in [1.54, 1.807) is 47.9 Å². The second kappa shape index (κ2) is 8.11. The lowest BCUT2D eigenvalue weighted by molar-refractivity contribution is 0.0309. The predicted octanol–water partition coefficient (Wildman–Crippen LogP) is 3.89. The first-order chi connectivity index (χ1) is 14.5. The zero-order valence-electron chi connectivity index (χ0n) is 16.1. The van der Waals surface area contributed by atoms with E-state index < -0.39 is 12.1 Å². The van der Waals surface area contributed by atoms with Gasteiger partial charge in [0.15, 0.2) is 22.8 Å². The highest BCUT2D eigenvalue weighted by Gasteiger charge is 2.23. The summed E-state index contributed by atoms with van der Waals surface area (Å²) >= 11 is 1.34. The normalized spacial score (nSPS) is 12.1. The fourth-order valence-corrected chi connectivity index (χ4v) is 3.58. The molecule has 4 aromatic rings. The van der Waals surface area contributed by atoms with Crippen molar-refractivity contribution in [2.45, 2.75) is 18.2 Å². The lowest BCUT2D eigenvalue weighted by atomic mass is 10.2. The maximum atomic E-state index is 13.3. The van der Waals surface area contributed by atoms with Gasteiger partial charge in [0.2, 0.25) is 0 Å². The Balaban J connectivity index is 1.65. The Hall–Kier alpha value is -3.46. The maximum Gasteiger partial charge on any atom is 0.357 e. The standard InChI is InChI=1S/C21H17FN4O3S/c1-12(18-24-16-6-4-3-5-15(16)19(27)25-18)29-20(28)17-11-23-21(30-2)26(17)14-9-7-13(22)8-10-14/h3-12H,1-2H3,(H,24,25,27). The number of carbonyl (C=O) groups is 1. The third-order valence-corrected chi connectivity index (χ3v) is 5.16. The van der Waals surface area contributed by atoms with Crippen LogP contribution in [0.5, 0.6) is 0 Å². The number of halogens is 1. The molecule has 0 radical (unpaired) electrons. The second-order valence-corrected chi connectivity index (χ2v) is 7.23. The molecule has 0 saturated heterocycles. The van der Waals surface area contributed by atoms with Crippen molar-refractivity contribution in [3.05, 3.63) is 82.4 Å². The molecule has 1 unspecified atom stereocenters. The summed E-state index contributed by atoms with van der Waals surface area (Å²) in [6, 6.07) is 12.6. The molecule has 0 fully saturated rings. The lowest BCUT2D eigenvalue weighted by Gasteiger charge is -2.15. The monoisotopic (exact) mass is 424 g/mol. The molecule has 0 amide bonds. The highest BCUT2D eigenvalue weighted by Crippen LogP contribution is 2.24. The molecular weight excluding hydrogens is 407 g/mol. The zero-order chi connectivity index (χ0) is 21.3. The van der Waals surface area contributed by atoms with Crippen molar-refractivity contribution in [2.75, 3.05) is 6.26 Å². The van der Waals surface area contributed by atoms with Gasteiger partial charge in [-0.25, -0.2) is 19.2 Å². The molecule has 0 aliphatic rings. The highest BCUT2D eigenvalue weighted by atomic mass is 32.2. The van der Waals surface area contributed by atoms with Gasteiger partial charge in [0.1, 0.15) is 5.82 Å². The van der Waals surface area contributed by atoms with Gasteiger partial charge in [0, 0.05) is 5.69 Å². The fourth-order valence-electron chi connectivity index (χ4n) is 3.04. The van der Waals surface area contributed by atoms with Gasteiger partial charge in [0.05, 0.1) is 17.1 Å². The predicted molar refractivity (Wildman–Crippen MR) is 111 cm³/mol. The quantitative estimate of drug-likeness (QED) is 0.386. The number of aromatic amines is 1. The van der Waals surface area contributed by atoms with Crippen LogP contribution in [0.4, 0.5) is 4.39 Å². The number of hydrogen-bond donors (Lipinski definition) is 1. The van der Waals surface area contributed by atoms with E-state index in [0.29, 0.717) is 21.7 Å². The van der Waals surface area contributed by atoms with E-state index in [1.807, 2.05) is 6.26 Å². The number of nitrogens with one attached hydrogen (secondary N) is 1. The summed E-state index contributed by atoms with van der Waals surface area (Å²) in [4.78, 5) is 36.5. The summed E-state index contributed by atoms with van der Waals surface area (Å²) in [7, 11) is 0. The molecule has 30 heavy (non-hydrogen) atoms. The first-order valence-electron chi connectivity index (χ1n) is 9.05. The first-order valence-corrected chi connectivity index (χ1v) is 10.3. The van der Waals surface area contributed by atoms with Crippen molar-refractivity contribution < 1.29 is 13.9 Å². The first kappa shape index (κ1) is 19.8. The minimum Gasteiger partial charge on any atom is -0.450 e. The summed E-state index contributed by atoms with van der Waals surface area (Å²) in [5.74, 6) is -0.783. The van der Waals surface area contributed by atoms with Crippen LogP contribution in [0.1, 0.15) is 29.3 Å². The van der Waals surface area contributed by atoms with Crippen LogP contribution in [0.25, 0.3) is 16.6 Å².